The second-order valence-corrected chi connectivity index (χ2v) is 8.10. The molecular formula is C16H26N2O2S. The predicted octanol–water partition coefficient (Wildman–Crippen LogP) is 2.49. The summed E-state index contributed by atoms with van der Waals surface area (Å²) < 4.78 is 27.7. The Hall–Kier alpha value is -0.910. The lowest BCUT2D eigenvalue weighted by atomic mass is 9.74. The summed E-state index contributed by atoms with van der Waals surface area (Å²) in [4.78, 5) is 0.341. The number of benzene rings is 1. The van der Waals surface area contributed by atoms with Gasteiger partial charge in [0.05, 0.1) is 4.90 Å². The third kappa shape index (κ3) is 3.84. The molecule has 0 amide bonds. The molecule has 0 saturated heterocycles. The molecule has 1 aliphatic rings. The van der Waals surface area contributed by atoms with Gasteiger partial charge in [-0.25, -0.2) is 13.1 Å². The summed E-state index contributed by atoms with van der Waals surface area (Å²) in [6, 6.07) is 5.25. The maximum Gasteiger partial charge on any atom is 0.240 e. The lowest BCUT2D eigenvalue weighted by Crippen LogP contribution is -2.43. The number of sulfonamides is 1. The summed E-state index contributed by atoms with van der Waals surface area (Å²) in [5, 5.41) is 0. The summed E-state index contributed by atoms with van der Waals surface area (Å²) in [5.74, 6) is 0. The van der Waals surface area contributed by atoms with E-state index in [0.29, 0.717) is 18.0 Å². The van der Waals surface area contributed by atoms with Crippen LogP contribution in [0.15, 0.2) is 23.1 Å². The van der Waals surface area contributed by atoms with Gasteiger partial charge in [0.2, 0.25) is 10.0 Å². The van der Waals surface area contributed by atoms with E-state index in [2.05, 4.69) is 4.72 Å². The van der Waals surface area contributed by atoms with Gasteiger partial charge in [-0.05, 0) is 61.9 Å². The van der Waals surface area contributed by atoms with E-state index < -0.39 is 10.0 Å². The van der Waals surface area contributed by atoms with Crippen molar-refractivity contribution >= 4 is 10.0 Å². The van der Waals surface area contributed by atoms with Crippen molar-refractivity contribution in [1.82, 2.24) is 4.72 Å². The summed E-state index contributed by atoms with van der Waals surface area (Å²) in [6.07, 6.45) is 5.54. The Kier molecular flexibility index (Phi) is 5.07. The van der Waals surface area contributed by atoms with Crippen LogP contribution in [-0.4, -0.2) is 21.5 Å². The second-order valence-electron chi connectivity index (χ2n) is 6.34. The number of nitrogens with one attached hydrogen (secondary N) is 1. The number of rotatable bonds is 5. The van der Waals surface area contributed by atoms with Crippen molar-refractivity contribution in [2.45, 2.75) is 50.8 Å². The van der Waals surface area contributed by atoms with E-state index in [1.165, 1.54) is 6.42 Å². The summed E-state index contributed by atoms with van der Waals surface area (Å²) in [5.41, 5.74) is 7.94. The van der Waals surface area contributed by atoms with Crippen molar-refractivity contribution in [2.75, 3.05) is 13.1 Å². The topological polar surface area (TPSA) is 72.2 Å². The van der Waals surface area contributed by atoms with E-state index in [4.69, 9.17) is 5.73 Å². The van der Waals surface area contributed by atoms with Gasteiger partial charge >= 0.3 is 0 Å². The molecule has 0 aliphatic heterocycles. The van der Waals surface area contributed by atoms with Crippen molar-refractivity contribution in [3.63, 3.8) is 0 Å². The van der Waals surface area contributed by atoms with Crippen molar-refractivity contribution in [1.29, 1.82) is 0 Å². The van der Waals surface area contributed by atoms with Gasteiger partial charge in [0.1, 0.15) is 0 Å². The van der Waals surface area contributed by atoms with E-state index in [1.807, 2.05) is 19.9 Å². The standard InChI is InChI=1S/C16H26N2O2S/c1-13-6-7-15(10-14(13)2)21(19,20)18-12-16(11-17)8-4-3-5-9-16/h6-7,10,18H,3-5,8-9,11-12,17H2,1-2H3. The molecule has 0 unspecified atom stereocenters. The van der Waals surface area contributed by atoms with Gasteiger partial charge in [-0.15, -0.1) is 0 Å². The molecule has 118 valence electrons. The quantitative estimate of drug-likeness (QED) is 0.877. The van der Waals surface area contributed by atoms with Gasteiger partial charge in [-0.2, -0.15) is 0 Å². The number of nitrogens with two attached hydrogens (primary N) is 1. The molecule has 0 spiro atoms. The van der Waals surface area contributed by atoms with Gasteiger partial charge in [-0.1, -0.05) is 25.3 Å². The second kappa shape index (κ2) is 6.46. The van der Waals surface area contributed by atoms with Crippen LogP contribution in [0.25, 0.3) is 0 Å². The highest BCUT2D eigenvalue weighted by atomic mass is 32.2. The average Bonchev–Trinajstić information content (AvgIpc) is 2.49. The van der Waals surface area contributed by atoms with Gasteiger partial charge in [0.25, 0.3) is 0 Å². The predicted molar refractivity (Wildman–Crippen MR) is 85.7 cm³/mol. The molecule has 1 aromatic rings. The normalized spacial score (nSPS) is 18.6. The number of hydrogen-bond donors (Lipinski definition) is 2. The summed E-state index contributed by atoms with van der Waals surface area (Å²) >= 11 is 0. The lowest BCUT2D eigenvalue weighted by molar-refractivity contribution is 0.202. The fraction of sp³-hybridized carbons (Fsp3) is 0.625. The van der Waals surface area contributed by atoms with E-state index >= 15 is 0 Å². The van der Waals surface area contributed by atoms with Gasteiger partial charge in [0, 0.05) is 6.54 Å². The summed E-state index contributed by atoms with van der Waals surface area (Å²) in [7, 11) is -3.45. The first-order valence-corrected chi connectivity index (χ1v) is 9.14. The van der Waals surface area contributed by atoms with Gasteiger partial charge in [0.15, 0.2) is 0 Å². The molecule has 4 nitrogen and oxygen atoms in total. The first-order chi connectivity index (χ1) is 9.88. The van der Waals surface area contributed by atoms with Crippen molar-refractivity contribution in [3.8, 4) is 0 Å². The number of aryl methyl sites for hydroxylation is 2. The van der Waals surface area contributed by atoms with Crippen LogP contribution in [-0.2, 0) is 10.0 Å². The van der Waals surface area contributed by atoms with Crippen LogP contribution in [0.2, 0.25) is 0 Å². The van der Waals surface area contributed by atoms with E-state index in [1.54, 1.807) is 12.1 Å². The molecule has 1 aromatic carbocycles. The molecule has 2 rings (SSSR count). The third-order valence-corrected chi connectivity index (χ3v) is 6.17. The zero-order valence-corrected chi connectivity index (χ0v) is 13.8. The Morgan fingerprint density at radius 1 is 1.14 bits per heavy atom. The largest absolute Gasteiger partial charge is 0.330 e. The minimum atomic E-state index is -3.45. The average molecular weight is 310 g/mol. The lowest BCUT2D eigenvalue weighted by Gasteiger charge is -2.36. The Morgan fingerprint density at radius 2 is 1.81 bits per heavy atom. The maximum atomic E-state index is 12.4. The zero-order chi connectivity index (χ0) is 15.5. The van der Waals surface area contributed by atoms with Crippen molar-refractivity contribution < 1.29 is 8.42 Å². The SMILES string of the molecule is Cc1ccc(S(=O)(=O)NCC2(CN)CCCCC2)cc1C. The molecule has 0 heterocycles. The van der Waals surface area contributed by atoms with Crippen LogP contribution in [0.5, 0.6) is 0 Å². The minimum Gasteiger partial charge on any atom is -0.330 e. The Morgan fingerprint density at radius 3 is 2.38 bits per heavy atom. The van der Waals surface area contributed by atoms with Crippen molar-refractivity contribution in [2.24, 2.45) is 11.1 Å². The Balaban J connectivity index is 2.11. The van der Waals surface area contributed by atoms with Crippen LogP contribution >= 0.6 is 0 Å². The van der Waals surface area contributed by atoms with Crippen LogP contribution < -0.4 is 10.5 Å². The maximum absolute atomic E-state index is 12.4. The van der Waals surface area contributed by atoms with Crippen LogP contribution in [0.4, 0.5) is 0 Å². The fourth-order valence-electron chi connectivity index (χ4n) is 2.97. The van der Waals surface area contributed by atoms with Crippen LogP contribution in [0.3, 0.4) is 0 Å². The molecule has 0 aromatic heterocycles. The summed E-state index contributed by atoms with van der Waals surface area (Å²) in [6.45, 7) is 4.89. The molecular weight excluding hydrogens is 284 g/mol. The molecule has 21 heavy (non-hydrogen) atoms. The van der Waals surface area contributed by atoms with Gasteiger partial charge in [-0.3, -0.25) is 0 Å². The molecule has 1 aliphatic carbocycles. The molecule has 3 N–H and O–H groups in total. The number of hydrogen-bond acceptors (Lipinski definition) is 3. The van der Waals surface area contributed by atoms with E-state index in [0.717, 1.165) is 36.8 Å². The monoisotopic (exact) mass is 310 g/mol. The van der Waals surface area contributed by atoms with Crippen LogP contribution in [0.1, 0.15) is 43.2 Å². The zero-order valence-electron chi connectivity index (χ0n) is 13.0. The minimum absolute atomic E-state index is 0.0644. The highest BCUT2D eigenvalue weighted by molar-refractivity contribution is 7.89. The highest BCUT2D eigenvalue weighted by Crippen LogP contribution is 2.35. The third-order valence-electron chi connectivity index (χ3n) is 4.77. The van der Waals surface area contributed by atoms with E-state index in [-0.39, 0.29) is 5.41 Å². The molecule has 0 radical (unpaired) electrons. The fourth-order valence-corrected chi connectivity index (χ4v) is 4.21. The Bertz CT molecular complexity index is 590. The first kappa shape index (κ1) is 16.5. The van der Waals surface area contributed by atoms with Crippen molar-refractivity contribution in [3.05, 3.63) is 29.3 Å². The molecule has 5 heteroatoms. The Labute approximate surface area is 128 Å². The molecule has 0 atom stereocenters. The van der Waals surface area contributed by atoms with Gasteiger partial charge < -0.3 is 5.73 Å². The first-order valence-electron chi connectivity index (χ1n) is 7.66. The molecule has 0 bridgehead atoms. The molecule has 1 saturated carbocycles. The molecule has 1 fully saturated rings. The highest BCUT2D eigenvalue weighted by Gasteiger charge is 2.32. The van der Waals surface area contributed by atoms with Crippen LogP contribution in [0, 0.1) is 19.3 Å². The smallest absolute Gasteiger partial charge is 0.240 e. The van der Waals surface area contributed by atoms with E-state index in [9.17, 15) is 8.42 Å².